The lowest BCUT2D eigenvalue weighted by atomic mass is 9.90. The van der Waals surface area contributed by atoms with E-state index in [0.717, 1.165) is 44.5 Å². The molecule has 0 fully saturated rings. The average molecular weight is 555 g/mol. The van der Waals surface area contributed by atoms with Gasteiger partial charge in [-0.05, 0) is 66.7 Å². The monoisotopic (exact) mass is 554 g/mol. The Kier molecular flexibility index (Phi) is 5.39. The van der Waals surface area contributed by atoms with Crippen molar-refractivity contribution in [3.05, 3.63) is 132 Å². The summed E-state index contributed by atoms with van der Waals surface area (Å²) in [6.45, 7) is 0. The van der Waals surface area contributed by atoms with Gasteiger partial charge in [0.05, 0.1) is 0 Å². The molecule has 0 heterocycles. The molecule has 0 amide bonds. The Labute approximate surface area is 231 Å². The quantitative estimate of drug-likeness (QED) is 0.151. The smallest absolute Gasteiger partial charge is 0.194 e. The number of rotatable bonds is 3. The Balaban J connectivity index is 1.46. The van der Waals surface area contributed by atoms with Crippen LogP contribution in [0.1, 0.15) is 11.1 Å². The van der Waals surface area contributed by atoms with Gasteiger partial charge in [0.15, 0.2) is 0 Å². The summed E-state index contributed by atoms with van der Waals surface area (Å²) in [6, 6.07) is 33.7. The van der Waals surface area contributed by atoms with Crippen molar-refractivity contribution < 1.29 is 26.3 Å². The van der Waals surface area contributed by atoms with E-state index in [-0.39, 0.29) is 11.1 Å². The van der Waals surface area contributed by atoms with Gasteiger partial charge in [0.25, 0.3) is 0 Å². The molecule has 202 valence electrons. The summed E-state index contributed by atoms with van der Waals surface area (Å²) in [5.74, 6) is -15.8. The van der Waals surface area contributed by atoms with Crippen LogP contribution in [0.5, 0.6) is 0 Å². The van der Waals surface area contributed by atoms with E-state index in [4.69, 9.17) is 0 Å². The molecular formula is C35H20F6. The van der Waals surface area contributed by atoms with Crippen molar-refractivity contribution in [1.29, 1.82) is 0 Å². The van der Waals surface area contributed by atoms with Gasteiger partial charge in [-0.3, -0.25) is 0 Å². The normalized spacial score (nSPS) is 17.5. The summed E-state index contributed by atoms with van der Waals surface area (Å²) < 4.78 is 90.1. The van der Waals surface area contributed by atoms with Gasteiger partial charge < -0.3 is 0 Å². The molecule has 0 aromatic heterocycles. The third-order valence-electron chi connectivity index (χ3n) is 7.96. The molecule has 0 N–H and O–H groups in total. The molecule has 0 aliphatic heterocycles. The molecule has 0 saturated carbocycles. The van der Waals surface area contributed by atoms with E-state index >= 15 is 17.6 Å². The fourth-order valence-electron chi connectivity index (χ4n) is 6.02. The highest BCUT2D eigenvalue weighted by molar-refractivity contribution is 6.25. The Morgan fingerprint density at radius 3 is 1.32 bits per heavy atom. The number of hydrogen-bond donors (Lipinski definition) is 0. The minimum atomic E-state index is -5.60. The summed E-state index contributed by atoms with van der Waals surface area (Å²) >= 11 is 0. The second-order valence-electron chi connectivity index (χ2n) is 10.3. The van der Waals surface area contributed by atoms with Crippen molar-refractivity contribution in [2.75, 3.05) is 0 Å². The van der Waals surface area contributed by atoms with Crippen molar-refractivity contribution in [2.24, 2.45) is 0 Å². The molecule has 0 unspecified atom stereocenters. The highest BCUT2D eigenvalue weighted by atomic mass is 19.3. The van der Waals surface area contributed by atoms with Gasteiger partial charge in [0.2, 0.25) is 0 Å². The SMILES string of the molecule is FC1(F)C(c2ccccc2)=C(c2cccc(-c3ccc4c5ccccc5c5ccccc5c4c3)c2)C(F)(F)C1(F)F. The second-order valence-corrected chi connectivity index (χ2v) is 10.3. The molecule has 6 heteroatoms. The molecular weight excluding hydrogens is 534 g/mol. The van der Waals surface area contributed by atoms with Crippen LogP contribution in [0.15, 0.2) is 121 Å². The van der Waals surface area contributed by atoms with Gasteiger partial charge >= 0.3 is 17.8 Å². The van der Waals surface area contributed by atoms with E-state index in [1.807, 2.05) is 60.7 Å². The van der Waals surface area contributed by atoms with Crippen LogP contribution in [-0.2, 0) is 0 Å². The van der Waals surface area contributed by atoms with Crippen molar-refractivity contribution in [3.8, 4) is 11.1 Å². The maximum atomic E-state index is 15.3. The summed E-state index contributed by atoms with van der Waals surface area (Å²) in [5.41, 5.74) is -2.40. The Bertz CT molecular complexity index is 1990. The standard InChI is InChI=1S/C35H20F6/c36-33(37)31(21-9-2-1-3-10-21)32(34(38,39)35(33,40)41)24-12-8-11-22(19-24)23-17-18-29-27-15-5-4-13-25(27)26-14-6-7-16-28(26)30(29)20-23/h1-20H. The van der Waals surface area contributed by atoms with E-state index in [1.165, 1.54) is 36.4 Å². The van der Waals surface area contributed by atoms with E-state index in [2.05, 4.69) is 6.07 Å². The number of benzene rings is 6. The fraction of sp³-hybridized carbons (Fsp3) is 0.0857. The van der Waals surface area contributed by atoms with Crippen LogP contribution in [0, 0.1) is 0 Å². The molecule has 41 heavy (non-hydrogen) atoms. The van der Waals surface area contributed by atoms with Crippen LogP contribution in [0.25, 0.3) is 54.6 Å². The summed E-state index contributed by atoms with van der Waals surface area (Å²) in [6.07, 6.45) is 0. The lowest BCUT2D eigenvalue weighted by molar-refractivity contribution is -0.254. The van der Waals surface area contributed by atoms with Crippen LogP contribution in [-0.4, -0.2) is 17.8 Å². The highest BCUT2D eigenvalue weighted by Gasteiger charge is 2.80. The van der Waals surface area contributed by atoms with Gasteiger partial charge in [0, 0.05) is 11.1 Å². The predicted molar refractivity (Wildman–Crippen MR) is 152 cm³/mol. The topological polar surface area (TPSA) is 0 Å². The number of fused-ring (bicyclic) bond motifs is 6. The third kappa shape index (κ3) is 3.49. The minimum Gasteiger partial charge on any atom is -0.194 e. The minimum absolute atomic E-state index is 0.376. The molecule has 1 aliphatic rings. The largest absolute Gasteiger partial charge is 0.380 e. The maximum Gasteiger partial charge on any atom is 0.380 e. The van der Waals surface area contributed by atoms with Gasteiger partial charge in [0.1, 0.15) is 0 Å². The van der Waals surface area contributed by atoms with Crippen LogP contribution in [0.2, 0.25) is 0 Å². The number of alkyl halides is 6. The fourth-order valence-corrected chi connectivity index (χ4v) is 6.02. The van der Waals surface area contributed by atoms with Crippen molar-refractivity contribution in [2.45, 2.75) is 17.8 Å². The number of halogens is 6. The molecule has 0 spiro atoms. The third-order valence-corrected chi connectivity index (χ3v) is 7.96. The van der Waals surface area contributed by atoms with E-state index in [1.54, 1.807) is 6.07 Å². The summed E-state index contributed by atoms with van der Waals surface area (Å²) in [4.78, 5) is 0. The van der Waals surface area contributed by atoms with Crippen molar-refractivity contribution in [1.82, 2.24) is 0 Å². The average Bonchev–Trinajstić information content (AvgIpc) is 3.10. The van der Waals surface area contributed by atoms with E-state index in [9.17, 15) is 8.78 Å². The second kappa shape index (κ2) is 8.71. The predicted octanol–water partition coefficient (Wildman–Crippen LogP) is 10.6. The number of allylic oxidation sites excluding steroid dienone is 2. The van der Waals surface area contributed by atoms with Crippen LogP contribution in [0.3, 0.4) is 0 Å². The van der Waals surface area contributed by atoms with Gasteiger partial charge in [-0.2, -0.15) is 26.3 Å². The van der Waals surface area contributed by atoms with E-state index in [0.29, 0.717) is 11.1 Å². The van der Waals surface area contributed by atoms with Crippen LogP contribution >= 0.6 is 0 Å². The molecule has 0 atom stereocenters. The summed E-state index contributed by atoms with van der Waals surface area (Å²) in [5, 5.41) is 6.11. The lowest BCUT2D eigenvalue weighted by Crippen LogP contribution is -2.48. The summed E-state index contributed by atoms with van der Waals surface area (Å²) in [7, 11) is 0. The molecule has 1 aliphatic carbocycles. The van der Waals surface area contributed by atoms with E-state index < -0.39 is 28.9 Å². The molecule has 0 radical (unpaired) electrons. The van der Waals surface area contributed by atoms with Crippen LogP contribution < -0.4 is 0 Å². The first-order valence-electron chi connectivity index (χ1n) is 13.0. The lowest BCUT2D eigenvalue weighted by Gasteiger charge is -2.26. The molecule has 0 bridgehead atoms. The molecule has 6 aromatic rings. The first-order chi connectivity index (χ1) is 19.6. The van der Waals surface area contributed by atoms with Gasteiger partial charge in [-0.15, -0.1) is 0 Å². The zero-order chi connectivity index (χ0) is 28.6. The highest BCUT2D eigenvalue weighted by Crippen LogP contribution is 2.64. The van der Waals surface area contributed by atoms with Gasteiger partial charge in [-0.25, -0.2) is 0 Å². The van der Waals surface area contributed by atoms with Gasteiger partial charge in [-0.1, -0.05) is 109 Å². The molecule has 0 saturated heterocycles. The Hall–Kier alpha value is -4.58. The van der Waals surface area contributed by atoms with Crippen molar-refractivity contribution in [3.63, 3.8) is 0 Å². The molecule has 0 nitrogen and oxygen atoms in total. The number of hydrogen-bond acceptors (Lipinski definition) is 0. The van der Waals surface area contributed by atoms with Crippen molar-refractivity contribution >= 4 is 43.5 Å². The molecule has 6 aromatic carbocycles. The zero-order valence-corrected chi connectivity index (χ0v) is 21.3. The first-order valence-corrected chi connectivity index (χ1v) is 13.0. The zero-order valence-electron chi connectivity index (χ0n) is 21.3. The van der Waals surface area contributed by atoms with Crippen LogP contribution in [0.4, 0.5) is 26.3 Å². The Morgan fingerprint density at radius 2 is 0.732 bits per heavy atom. The first kappa shape index (κ1) is 25.4. The maximum absolute atomic E-state index is 15.3. The molecule has 7 rings (SSSR count). The Morgan fingerprint density at radius 1 is 0.317 bits per heavy atom.